The molecule has 1 aliphatic rings. The van der Waals surface area contributed by atoms with Crippen molar-refractivity contribution in [1.82, 2.24) is 14.9 Å². The highest BCUT2D eigenvalue weighted by molar-refractivity contribution is 5.57. The monoisotopic (exact) mass is 277 g/mol. The van der Waals surface area contributed by atoms with Crippen molar-refractivity contribution in [3.8, 4) is 0 Å². The first-order valence-corrected chi connectivity index (χ1v) is 7.70. The predicted octanol–water partition coefficient (Wildman–Crippen LogP) is 2.46. The van der Waals surface area contributed by atoms with Gasteiger partial charge in [-0.15, -0.1) is 0 Å². The smallest absolute Gasteiger partial charge is 0.136 e. The van der Waals surface area contributed by atoms with Crippen LogP contribution in [0.4, 0.5) is 11.6 Å². The van der Waals surface area contributed by atoms with Gasteiger partial charge in [0.25, 0.3) is 0 Å². The molecule has 0 atom stereocenters. The molecular formula is C15H27N5. The molecule has 20 heavy (non-hydrogen) atoms. The van der Waals surface area contributed by atoms with Crippen molar-refractivity contribution >= 4 is 11.6 Å². The lowest BCUT2D eigenvalue weighted by Gasteiger charge is -2.17. The lowest BCUT2D eigenvalue weighted by atomic mass is 10.2. The molecule has 0 aromatic carbocycles. The second-order valence-electron chi connectivity index (χ2n) is 5.53. The number of rotatable bonds is 8. The van der Waals surface area contributed by atoms with Gasteiger partial charge in [0.15, 0.2) is 0 Å². The van der Waals surface area contributed by atoms with Gasteiger partial charge in [-0.3, -0.25) is 0 Å². The number of nitrogens with one attached hydrogen (secondary N) is 2. The minimum absolute atomic E-state index is 0.576. The molecule has 1 aliphatic carbocycles. The van der Waals surface area contributed by atoms with Gasteiger partial charge in [-0.2, -0.15) is 0 Å². The third-order valence-electron chi connectivity index (χ3n) is 3.78. The van der Waals surface area contributed by atoms with Crippen LogP contribution in [0.15, 0.2) is 0 Å². The number of aromatic nitrogens is 2. The first-order valence-electron chi connectivity index (χ1n) is 7.70. The highest BCUT2D eigenvalue weighted by Gasteiger charge is 2.28. The van der Waals surface area contributed by atoms with Gasteiger partial charge in [0, 0.05) is 31.1 Å². The van der Waals surface area contributed by atoms with Crippen molar-refractivity contribution in [3.63, 3.8) is 0 Å². The maximum Gasteiger partial charge on any atom is 0.136 e. The second-order valence-corrected chi connectivity index (χ2v) is 5.53. The quantitative estimate of drug-likeness (QED) is 0.764. The van der Waals surface area contributed by atoms with Gasteiger partial charge in [0.1, 0.15) is 17.5 Å². The Bertz CT molecular complexity index is 442. The molecule has 1 heterocycles. The number of hydrogen-bond donors (Lipinski definition) is 2. The standard InChI is InChI=1S/C15H27N5/c1-5-16-13-11(3)14(17-9-10-20(4)6-2)19-15(18-13)12-7-8-12/h12H,5-10H2,1-4H3,(H2,16,17,18,19). The van der Waals surface area contributed by atoms with Gasteiger partial charge in [0.2, 0.25) is 0 Å². The normalized spacial score (nSPS) is 14.7. The van der Waals surface area contributed by atoms with Crippen molar-refractivity contribution in [3.05, 3.63) is 11.4 Å². The maximum atomic E-state index is 4.72. The van der Waals surface area contributed by atoms with Crippen LogP contribution in [0.5, 0.6) is 0 Å². The molecule has 0 unspecified atom stereocenters. The molecule has 0 bridgehead atoms. The van der Waals surface area contributed by atoms with E-state index in [1.54, 1.807) is 0 Å². The van der Waals surface area contributed by atoms with Crippen molar-refractivity contribution < 1.29 is 0 Å². The molecule has 2 rings (SSSR count). The molecule has 0 radical (unpaired) electrons. The number of nitrogens with zero attached hydrogens (tertiary/aromatic N) is 3. The van der Waals surface area contributed by atoms with Crippen LogP contribution in [-0.4, -0.2) is 48.1 Å². The maximum absolute atomic E-state index is 4.72. The Labute approximate surface area is 122 Å². The Balaban J connectivity index is 2.08. The summed E-state index contributed by atoms with van der Waals surface area (Å²) >= 11 is 0. The molecule has 2 N–H and O–H groups in total. The van der Waals surface area contributed by atoms with E-state index in [1.165, 1.54) is 12.8 Å². The largest absolute Gasteiger partial charge is 0.370 e. The molecule has 0 spiro atoms. The zero-order valence-corrected chi connectivity index (χ0v) is 13.2. The van der Waals surface area contributed by atoms with Gasteiger partial charge in [-0.1, -0.05) is 6.92 Å². The van der Waals surface area contributed by atoms with Crippen LogP contribution in [0.25, 0.3) is 0 Å². The van der Waals surface area contributed by atoms with Gasteiger partial charge in [0.05, 0.1) is 0 Å². The van der Waals surface area contributed by atoms with Crippen LogP contribution < -0.4 is 10.6 Å². The lowest BCUT2D eigenvalue weighted by Crippen LogP contribution is -2.25. The SMILES string of the molecule is CCNc1nc(C2CC2)nc(NCCN(C)CC)c1C. The fourth-order valence-corrected chi connectivity index (χ4v) is 2.09. The first kappa shape index (κ1) is 15.0. The lowest BCUT2D eigenvalue weighted by molar-refractivity contribution is 0.367. The Morgan fingerprint density at radius 2 is 1.80 bits per heavy atom. The summed E-state index contributed by atoms with van der Waals surface area (Å²) < 4.78 is 0. The Morgan fingerprint density at radius 1 is 1.15 bits per heavy atom. The van der Waals surface area contributed by atoms with E-state index in [-0.39, 0.29) is 0 Å². The van der Waals surface area contributed by atoms with Crippen molar-refractivity contribution in [2.24, 2.45) is 0 Å². The Morgan fingerprint density at radius 3 is 2.35 bits per heavy atom. The predicted molar refractivity (Wildman–Crippen MR) is 84.6 cm³/mol. The van der Waals surface area contributed by atoms with Crippen LogP contribution in [-0.2, 0) is 0 Å². The summed E-state index contributed by atoms with van der Waals surface area (Å²) in [5.74, 6) is 3.54. The zero-order valence-electron chi connectivity index (χ0n) is 13.2. The summed E-state index contributed by atoms with van der Waals surface area (Å²) in [7, 11) is 2.13. The highest BCUT2D eigenvalue weighted by atomic mass is 15.1. The van der Waals surface area contributed by atoms with Crippen molar-refractivity contribution in [2.75, 3.05) is 43.9 Å². The molecule has 1 fully saturated rings. The van der Waals surface area contributed by atoms with E-state index >= 15 is 0 Å². The molecule has 1 aromatic rings. The summed E-state index contributed by atoms with van der Waals surface area (Å²) in [5, 5.41) is 6.82. The van der Waals surface area contributed by atoms with Gasteiger partial charge < -0.3 is 15.5 Å². The number of likely N-dealkylation sites (N-methyl/N-ethyl adjacent to an activating group) is 1. The number of anilines is 2. The molecule has 1 saturated carbocycles. The molecule has 5 nitrogen and oxygen atoms in total. The average molecular weight is 277 g/mol. The molecule has 1 aromatic heterocycles. The fraction of sp³-hybridized carbons (Fsp3) is 0.733. The summed E-state index contributed by atoms with van der Waals surface area (Å²) in [5.41, 5.74) is 1.12. The molecular weight excluding hydrogens is 250 g/mol. The summed E-state index contributed by atoms with van der Waals surface area (Å²) in [4.78, 5) is 11.7. The summed E-state index contributed by atoms with van der Waals surface area (Å²) in [6, 6.07) is 0. The van der Waals surface area contributed by atoms with E-state index in [0.29, 0.717) is 5.92 Å². The van der Waals surface area contributed by atoms with Gasteiger partial charge >= 0.3 is 0 Å². The molecule has 5 heteroatoms. The topological polar surface area (TPSA) is 53.1 Å². The zero-order chi connectivity index (χ0) is 14.5. The number of hydrogen-bond acceptors (Lipinski definition) is 5. The van der Waals surface area contributed by atoms with Crippen molar-refractivity contribution in [1.29, 1.82) is 0 Å². The minimum atomic E-state index is 0.576. The minimum Gasteiger partial charge on any atom is -0.370 e. The second kappa shape index (κ2) is 6.88. The Hall–Kier alpha value is -1.36. The molecule has 0 aliphatic heterocycles. The van der Waals surface area contributed by atoms with Crippen LogP contribution >= 0.6 is 0 Å². The van der Waals surface area contributed by atoms with Crippen LogP contribution in [0, 0.1) is 6.92 Å². The van der Waals surface area contributed by atoms with Gasteiger partial charge in [-0.25, -0.2) is 9.97 Å². The first-order chi connectivity index (χ1) is 9.65. The molecule has 0 saturated heterocycles. The highest BCUT2D eigenvalue weighted by Crippen LogP contribution is 2.39. The fourth-order valence-electron chi connectivity index (χ4n) is 2.09. The molecule has 0 amide bonds. The third-order valence-corrected chi connectivity index (χ3v) is 3.78. The van der Waals surface area contributed by atoms with Crippen LogP contribution in [0.2, 0.25) is 0 Å². The average Bonchev–Trinajstić information content (AvgIpc) is 3.27. The van der Waals surface area contributed by atoms with Crippen LogP contribution in [0.1, 0.15) is 44.0 Å². The summed E-state index contributed by atoms with van der Waals surface area (Å²) in [6.45, 7) is 10.3. The van der Waals surface area contributed by atoms with Gasteiger partial charge in [-0.05, 0) is 40.3 Å². The van der Waals surface area contributed by atoms with E-state index in [9.17, 15) is 0 Å². The third kappa shape index (κ3) is 3.82. The van der Waals surface area contributed by atoms with Crippen molar-refractivity contribution in [2.45, 2.75) is 39.5 Å². The molecule has 112 valence electrons. The van der Waals surface area contributed by atoms with E-state index in [1.807, 2.05) is 0 Å². The van der Waals surface area contributed by atoms with Crippen LogP contribution in [0.3, 0.4) is 0 Å². The van der Waals surface area contributed by atoms with E-state index in [0.717, 1.165) is 49.2 Å². The summed E-state index contributed by atoms with van der Waals surface area (Å²) in [6.07, 6.45) is 2.46. The van der Waals surface area contributed by atoms with E-state index < -0.39 is 0 Å². The Kier molecular flexibility index (Phi) is 5.17. The van der Waals surface area contributed by atoms with E-state index in [4.69, 9.17) is 4.98 Å². The van der Waals surface area contributed by atoms with E-state index in [2.05, 4.69) is 48.3 Å².